The first-order valence-corrected chi connectivity index (χ1v) is 12.8. The summed E-state index contributed by atoms with van der Waals surface area (Å²) in [5.74, 6) is 1.01. The molecule has 2 fully saturated rings. The molecule has 6 rings (SSSR count). The molecule has 2 aromatic heterocycles. The fraction of sp³-hybridized carbons (Fsp3) is 0.370. The molecule has 4 heterocycles. The standard InChI is InChI=1S/C27H29F2N7O2.ClH/c28-25(29)26-31-21-3-1-2-4-22(21)36(26)24-17-23(32-27(33-24)35-11-15-38-16-12-35)30-18-19-5-7-20(8-6-19)34-9-13-37-14-10-34;/h1-8,17,25H,9-16,18H2,(H,30,32,33);1H. The second-order valence-corrected chi connectivity index (χ2v) is 9.23. The maximum absolute atomic E-state index is 14.1. The second-order valence-electron chi connectivity index (χ2n) is 9.23. The quantitative estimate of drug-likeness (QED) is 0.357. The van der Waals surface area contributed by atoms with E-state index in [4.69, 9.17) is 19.4 Å². The molecule has 0 aliphatic carbocycles. The lowest BCUT2D eigenvalue weighted by molar-refractivity contribution is 0.122. The van der Waals surface area contributed by atoms with Crippen LogP contribution in [0.4, 0.5) is 26.2 Å². The Bertz CT molecular complexity index is 1390. The highest BCUT2D eigenvalue weighted by atomic mass is 35.5. The number of aromatic nitrogens is 4. The Morgan fingerprint density at radius 2 is 1.49 bits per heavy atom. The van der Waals surface area contributed by atoms with Crippen LogP contribution in [0.15, 0.2) is 54.6 Å². The number of nitrogens with zero attached hydrogens (tertiary/aromatic N) is 6. The maximum atomic E-state index is 14.1. The lowest BCUT2D eigenvalue weighted by atomic mass is 10.2. The topological polar surface area (TPSA) is 80.6 Å². The van der Waals surface area contributed by atoms with Gasteiger partial charge in [0.05, 0.1) is 37.5 Å². The molecule has 2 saturated heterocycles. The van der Waals surface area contributed by atoms with Crippen molar-refractivity contribution >= 4 is 40.9 Å². The summed E-state index contributed by atoms with van der Waals surface area (Å²) in [6, 6.07) is 17.2. The fourth-order valence-corrected chi connectivity index (χ4v) is 4.80. The molecule has 2 aliphatic rings. The number of halogens is 3. The monoisotopic (exact) mass is 557 g/mol. The maximum Gasteiger partial charge on any atom is 0.296 e. The first-order chi connectivity index (χ1) is 18.7. The molecule has 0 spiro atoms. The summed E-state index contributed by atoms with van der Waals surface area (Å²) in [4.78, 5) is 17.9. The number of ether oxygens (including phenoxy) is 2. The molecular formula is C27H30ClF2N7O2. The predicted molar refractivity (Wildman–Crippen MR) is 149 cm³/mol. The number of alkyl halides is 2. The Balaban J connectivity index is 0.00000308. The zero-order chi connectivity index (χ0) is 25.9. The van der Waals surface area contributed by atoms with E-state index in [9.17, 15) is 8.78 Å². The third kappa shape index (κ3) is 5.90. The molecule has 0 radical (unpaired) electrons. The summed E-state index contributed by atoms with van der Waals surface area (Å²) in [6.45, 7) is 6.13. The number of nitrogens with one attached hydrogen (secondary N) is 1. The van der Waals surface area contributed by atoms with Crippen molar-refractivity contribution in [1.29, 1.82) is 0 Å². The fourth-order valence-electron chi connectivity index (χ4n) is 4.80. The number of benzene rings is 2. The van der Waals surface area contributed by atoms with Crippen LogP contribution in [0, 0.1) is 0 Å². The first kappa shape index (κ1) is 27.0. The van der Waals surface area contributed by atoms with Crippen molar-refractivity contribution < 1.29 is 18.3 Å². The van der Waals surface area contributed by atoms with Crippen molar-refractivity contribution in [2.75, 3.05) is 67.7 Å². The van der Waals surface area contributed by atoms with Gasteiger partial charge in [-0.25, -0.2) is 13.8 Å². The number of morpholine rings is 2. The third-order valence-corrected chi connectivity index (χ3v) is 6.79. The van der Waals surface area contributed by atoms with Gasteiger partial charge in [-0.05, 0) is 29.8 Å². The average Bonchev–Trinajstić information content (AvgIpc) is 3.37. The Hall–Kier alpha value is -3.54. The molecule has 4 aromatic rings. The number of para-hydroxylation sites is 2. The van der Waals surface area contributed by atoms with Gasteiger partial charge in [0.15, 0.2) is 5.82 Å². The van der Waals surface area contributed by atoms with Gasteiger partial charge >= 0.3 is 0 Å². The van der Waals surface area contributed by atoms with Gasteiger partial charge in [-0.3, -0.25) is 4.57 Å². The number of fused-ring (bicyclic) bond motifs is 1. The number of hydrogen-bond acceptors (Lipinski definition) is 8. The summed E-state index contributed by atoms with van der Waals surface area (Å²) in [5, 5.41) is 3.37. The van der Waals surface area contributed by atoms with E-state index in [-0.39, 0.29) is 18.2 Å². The highest BCUT2D eigenvalue weighted by Gasteiger charge is 2.23. The zero-order valence-electron chi connectivity index (χ0n) is 21.3. The molecule has 0 unspecified atom stereocenters. The molecular weight excluding hydrogens is 528 g/mol. The van der Waals surface area contributed by atoms with E-state index in [2.05, 4.69) is 39.5 Å². The summed E-state index contributed by atoms with van der Waals surface area (Å²) >= 11 is 0. The van der Waals surface area contributed by atoms with Gasteiger partial charge in [-0.15, -0.1) is 12.4 Å². The van der Waals surface area contributed by atoms with Crippen LogP contribution < -0.4 is 15.1 Å². The van der Waals surface area contributed by atoms with Crippen LogP contribution in [0.5, 0.6) is 0 Å². The van der Waals surface area contributed by atoms with E-state index in [1.165, 1.54) is 10.3 Å². The van der Waals surface area contributed by atoms with E-state index in [1.54, 1.807) is 30.3 Å². The van der Waals surface area contributed by atoms with Gasteiger partial charge in [0.2, 0.25) is 5.95 Å². The molecule has 206 valence electrons. The van der Waals surface area contributed by atoms with E-state index in [1.807, 2.05) is 4.90 Å². The Morgan fingerprint density at radius 3 is 2.18 bits per heavy atom. The third-order valence-electron chi connectivity index (χ3n) is 6.79. The van der Waals surface area contributed by atoms with Crippen LogP contribution in [0.1, 0.15) is 17.8 Å². The molecule has 0 atom stereocenters. The molecule has 0 bridgehead atoms. The smallest absolute Gasteiger partial charge is 0.296 e. The van der Waals surface area contributed by atoms with E-state index in [0.29, 0.717) is 61.5 Å². The summed E-state index contributed by atoms with van der Waals surface area (Å²) in [7, 11) is 0. The Labute approximate surface area is 231 Å². The molecule has 0 saturated carbocycles. The van der Waals surface area contributed by atoms with Crippen molar-refractivity contribution in [3.63, 3.8) is 0 Å². The lowest BCUT2D eigenvalue weighted by Gasteiger charge is -2.29. The van der Waals surface area contributed by atoms with Crippen LogP contribution in [0.25, 0.3) is 16.9 Å². The van der Waals surface area contributed by atoms with E-state index >= 15 is 0 Å². The van der Waals surface area contributed by atoms with Gasteiger partial charge < -0.3 is 24.6 Å². The van der Waals surface area contributed by atoms with Gasteiger partial charge in [0.1, 0.15) is 11.6 Å². The normalized spacial score (nSPS) is 16.0. The van der Waals surface area contributed by atoms with Crippen molar-refractivity contribution in [3.8, 4) is 5.82 Å². The second kappa shape index (κ2) is 12.1. The molecule has 12 heteroatoms. The Morgan fingerprint density at radius 1 is 0.821 bits per heavy atom. The van der Waals surface area contributed by atoms with Crippen molar-refractivity contribution in [2.24, 2.45) is 0 Å². The van der Waals surface area contributed by atoms with Crippen molar-refractivity contribution in [1.82, 2.24) is 19.5 Å². The van der Waals surface area contributed by atoms with Crippen LogP contribution in [-0.2, 0) is 16.0 Å². The molecule has 0 amide bonds. The zero-order valence-corrected chi connectivity index (χ0v) is 22.1. The predicted octanol–water partition coefficient (Wildman–Crippen LogP) is 4.46. The number of imidazole rings is 1. The van der Waals surface area contributed by atoms with Gasteiger partial charge in [-0.1, -0.05) is 24.3 Å². The van der Waals surface area contributed by atoms with E-state index in [0.717, 1.165) is 31.9 Å². The highest BCUT2D eigenvalue weighted by molar-refractivity contribution is 5.85. The minimum Gasteiger partial charge on any atom is -0.378 e. The number of rotatable bonds is 7. The van der Waals surface area contributed by atoms with Crippen molar-refractivity contribution in [2.45, 2.75) is 13.0 Å². The minimum atomic E-state index is -2.76. The summed E-state index contributed by atoms with van der Waals surface area (Å²) in [6.07, 6.45) is -2.76. The minimum absolute atomic E-state index is 0. The van der Waals surface area contributed by atoms with Crippen molar-refractivity contribution in [3.05, 3.63) is 66.0 Å². The SMILES string of the molecule is Cl.FC(F)c1nc2ccccc2n1-c1cc(NCc2ccc(N3CCOCC3)cc2)nc(N2CCOCC2)n1. The Kier molecular flexibility index (Phi) is 8.39. The molecule has 39 heavy (non-hydrogen) atoms. The van der Waals surface area contributed by atoms with Crippen LogP contribution in [0.2, 0.25) is 0 Å². The molecule has 2 aliphatic heterocycles. The lowest BCUT2D eigenvalue weighted by Crippen LogP contribution is -2.37. The summed E-state index contributed by atoms with van der Waals surface area (Å²) < 4.78 is 40.5. The van der Waals surface area contributed by atoms with Crippen LogP contribution in [-0.4, -0.2) is 72.1 Å². The summed E-state index contributed by atoms with van der Waals surface area (Å²) in [5.41, 5.74) is 3.31. The first-order valence-electron chi connectivity index (χ1n) is 12.8. The van der Waals surface area contributed by atoms with Gasteiger partial charge in [0.25, 0.3) is 6.43 Å². The average molecular weight is 558 g/mol. The molecule has 2 aromatic carbocycles. The van der Waals surface area contributed by atoms with Gasteiger partial charge in [-0.2, -0.15) is 9.97 Å². The molecule has 1 N–H and O–H groups in total. The molecule has 9 nitrogen and oxygen atoms in total. The number of anilines is 3. The highest BCUT2D eigenvalue weighted by Crippen LogP contribution is 2.29. The largest absolute Gasteiger partial charge is 0.378 e. The van der Waals surface area contributed by atoms with Gasteiger partial charge in [0, 0.05) is 44.5 Å². The van der Waals surface area contributed by atoms with Crippen LogP contribution in [0.3, 0.4) is 0 Å². The van der Waals surface area contributed by atoms with E-state index < -0.39 is 6.43 Å². The number of hydrogen-bond donors (Lipinski definition) is 1. The van der Waals surface area contributed by atoms with Crippen LogP contribution >= 0.6 is 12.4 Å².